The molecule has 0 fully saturated rings. The number of carbonyl (C=O) groups is 2. The highest BCUT2D eigenvalue weighted by molar-refractivity contribution is 5.90. The van der Waals surface area contributed by atoms with E-state index in [0.717, 1.165) is 6.42 Å². The van der Waals surface area contributed by atoms with Crippen LogP contribution >= 0.6 is 0 Å². The van der Waals surface area contributed by atoms with Gasteiger partial charge in [0.25, 0.3) is 0 Å². The van der Waals surface area contributed by atoms with Crippen LogP contribution in [0.5, 0.6) is 0 Å². The summed E-state index contributed by atoms with van der Waals surface area (Å²) >= 11 is 0. The quantitative estimate of drug-likeness (QED) is 0.516. The summed E-state index contributed by atoms with van der Waals surface area (Å²) in [6.07, 6.45) is 3.20. The first kappa shape index (κ1) is 13.1. The van der Waals surface area contributed by atoms with Crippen molar-refractivity contribution in [3.63, 3.8) is 0 Å². The van der Waals surface area contributed by atoms with Crippen LogP contribution < -0.4 is 0 Å². The van der Waals surface area contributed by atoms with Crippen molar-refractivity contribution < 1.29 is 14.3 Å². The highest BCUT2D eigenvalue weighted by Gasteiger charge is 2.19. The van der Waals surface area contributed by atoms with E-state index < -0.39 is 11.9 Å². The fraction of sp³-hybridized carbons (Fsp3) is 0.727. The smallest absolute Gasteiger partial charge is 0.317 e. The van der Waals surface area contributed by atoms with Gasteiger partial charge in [0.1, 0.15) is 0 Å². The molecule has 0 saturated carbocycles. The van der Waals surface area contributed by atoms with Crippen LogP contribution in [-0.4, -0.2) is 11.9 Å². The van der Waals surface area contributed by atoms with Gasteiger partial charge in [-0.05, 0) is 11.8 Å². The van der Waals surface area contributed by atoms with Crippen molar-refractivity contribution in [3.8, 4) is 0 Å². The summed E-state index contributed by atoms with van der Waals surface area (Å²) in [6, 6.07) is 0. The molecule has 3 heteroatoms. The highest BCUT2D eigenvalue weighted by atomic mass is 16.6. The molecule has 0 rings (SSSR count). The van der Waals surface area contributed by atoms with Gasteiger partial charge in [-0.25, -0.2) is 0 Å². The second-order valence-electron chi connectivity index (χ2n) is 4.52. The van der Waals surface area contributed by atoms with E-state index in [4.69, 9.17) is 0 Å². The van der Waals surface area contributed by atoms with Crippen molar-refractivity contribution in [1.29, 1.82) is 0 Å². The van der Waals surface area contributed by atoms with Gasteiger partial charge in [-0.1, -0.05) is 34.1 Å². The van der Waals surface area contributed by atoms with Crippen LogP contribution in [0.15, 0.2) is 0 Å². The number of rotatable bonds is 4. The van der Waals surface area contributed by atoms with Crippen LogP contribution in [0, 0.1) is 11.8 Å². The number of esters is 2. The van der Waals surface area contributed by atoms with Crippen molar-refractivity contribution in [3.05, 3.63) is 6.42 Å². The van der Waals surface area contributed by atoms with E-state index in [9.17, 15) is 9.59 Å². The van der Waals surface area contributed by atoms with Crippen LogP contribution in [0.2, 0.25) is 0 Å². The number of unbranched alkanes of at least 4 members (excludes halogenated alkanes) is 1. The van der Waals surface area contributed by atoms with Crippen molar-refractivity contribution in [1.82, 2.24) is 0 Å². The first-order valence-electron chi connectivity index (χ1n) is 4.93. The zero-order valence-corrected chi connectivity index (χ0v) is 9.42. The molecule has 0 atom stereocenters. The third-order valence-electron chi connectivity index (χ3n) is 1.49. The molecule has 0 saturated heterocycles. The van der Waals surface area contributed by atoms with Gasteiger partial charge in [-0.2, -0.15) is 0 Å². The second-order valence-corrected chi connectivity index (χ2v) is 4.52. The third-order valence-corrected chi connectivity index (χ3v) is 1.49. The summed E-state index contributed by atoms with van der Waals surface area (Å²) in [7, 11) is 0. The summed E-state index contributed by atoms with van der Waals surface area (Å²) in [5.74, 6) is -0.976. The fourth-order valence-corrected chi connectivity index (χ4v) is 0.885. The molecule has 1 radical (unpaired) electrons. The SMILES string of the molecule is CCC[CH]C(=O)OC(=O)CC(C)(C)C. The standard InChI is InChI=1S/C11H19O3/c1-5-6-7-9(12)14-10(13)8-11(2,3)4/h7H,5-6,8H2,1-4H3. The normalized spacial score (nSPS) is 11.1. The molecule has 0 aliphatic rings. The van der Waals surface area contributed by atoms with Crippen LogP contribution in [0.3, 0.4) is 0 Å². The third kappa shape index (κ3) is 7.77. The van der Waals surface area contributed by atoms with Gasteiger partial charge < -0.3 is 4.74 Å². The lowest BCUT2D eigenvalue weighted by molar-refractivity contribution is -0.158. The molecule has 0 aromatic carbocycles. The summed E-state index contributed by atoms with van der Waals surface area (Å²) in [4.78, 5) is 22.2. The average Bonchev–Trinajstić information content (AvgIpc) is 1.96. The minimum absolute atomic E-state index is 0.137. The fourth-order valence-electron chi connectivity index (χ4n) is 0.885. The topological polar surface area (TPSA) is 43.4 Å². The zero-order chi connectivity index (χ0) is 11.2. The Morgan fingerprint density at radius 3 is 2.29 bits per heavy atom. The predicted octanol–water partition coefficient (Wildman–Crippen LogP) is 2.50. The number of hydrogen-bond acceptors (Lipinski definition) is 3. The van der Waals surface area contributed by atoms with Gasteiger partial charge in [0.2, 0.25) is 0 Å². The Balaban J connectivity index is 3.78. The Labute approximate surface area is 85.8 Å². The van der Waals surface area contributed by atoms with Crippen molar-refractivity contribution in [2.24, 2.45) is 5.41 Å². The molecule has 0 aromatic rings. The van der Waals surface area contributed by atoms with Crippen LogP contribution in [0.1, 0.15) is 47.0 Å². The van der Waals surface area contributed by atoms with Gasteiger partial charge in [0.15, 0.2) is 0 Å². The second kappa shape index (κ2) is 5.78. The molecule has 0 unspecified atom stereocenters. The molecule has 0 amide bonds. The van der Waals surface area contributed by atoms with E-state index in [0.29, 0.717) is 6.42 Å². The van der Waals surface area contributed by atoms with Crippen molar-refractivity contribution in [2.75, 3.05) is 0 Å². The van der Waals surface area contributed by atoms with E-state index in [1.54, 1.807) is 0 Å². The minimum atomic E-state index is -0.527. The van der Waals surface area contributed by atoms with Crippen molar-refractivity contribution in [2.45, 2.75) is 47.0 Å². The monoisotopic (exact) mass is 199 g/mol. The lowest BCUT2D eigenvalue weighted by atomic mass is 9.92. The van der Waals surface area contributed by atoms with Gasteiger partial charge in [-0.15, -0.1) is 0 Å². The Kier molecular flexibility index (Phi) is 5.43. The average molecular weight is 199 g/mol. The van der Waals surface area contributed by atoms with Crippen LogP contribution in [-0.2, 0) is 14.3 Å². The van der Waals surface area contributed by atoms with Crippen LogP contribution in [0.25, 0.3) is 0 Å². The zero-order valence-electron chi connectivity index (χ0n) is 9.42. The molecule has 0 N–H and O–H groups in total. The Morgan fingerprint density at radius 1 is 1.29 bits per heavy atom. The van der Waals surface area contributed by atoms with Gasteiger partial charge >= 0.3 is 11.9 Å². The van der Waals surface area contributed by atoms with E-state index in [-0.39, 0.29) is 11.8 Å². The summed E-state index contributed by atoms with van der Waals surface area (Å²) in [6.45, 7) is 7.73. The van der Waals surface area contributed by atoms with Gasteiger partial charge in [-0.3, -0.25) is 9.59 Å². The van der Waals surface area contributed by atoms with E-state index in [1.807, 2.05) is 27.7 Å². The van der Waals surface area contributed by atoms with Crippen LogP contribution in [0.4, 0.5) is 0 Å². The number of hydrogen-bond donors (Lipinski definition) is 0. The summed E-state index contributed by atoms with van der Waals surface area (Å²) in [5.41, 5.74) is -0.137. The largest absolute Gasteiger partial charge is 0.393 e. The molecule has 0 aliphatic carbocycles. The molecule has 0 bridgehead atoms. The molecule has 0 heterocycles. The molecular formula is C11H19O3. The first-order chi connectivity index (χ1) is 6.35. The predicted molar refractivity (Wildman–Crippen MR) is 54.4 cm³/mol. The van der Waals surface area contributed by atoms with E-state index >= 15 is 0 Å². The number of ether oxygens (including phenoxy) is 1. The van der Waals surface area contributed by atoms with Crippen molar-refractivity contribution >= 4 is 11.9 Å². The maximum atomic E-state index is 11.2. The maximum Gasteiger partial charge on any atom is 0.317 e. The molecule has 3 nitrogen and oxygen atoms in total. The molecular weight excluding hydrogens is 180 g/mol. The minimum Gasteiger partial charge on any atom is -0.393 e. The first-order valence-corrected chi connectivity index (χ1v) is 4.93. The molecule has 0 aromatic heterocycles. The number of carbonyl (C=O) groups excluding carboxylic acids is 2. The Bertz CT molecular complexity index is 201. The molecule has 81 valence electrons. The summed E-state index contributed by atoms with van der Waals surface area (Å²) < 4.78 is 4.60. The lowest BCUT2D eigenvalue weighted by Gasteiger charge is -2.15. The Morgan fingerprint density at radius 2 is 1.86 bits per heavy atom. The summed E-state index contributed by atoms with van der Waals surface area (Å²) in [5, 5.41) is 0. The van der Waals surface area contributed by atoms with Gasteiger partial charge in [0.05, 0.1) is 12.8 Å². The van der Waals surface area contributed by atoms with E-state index in [1.165, 1.54) is 6.42 Å². The molecule has 0 aliphatic heterocycles. The van der Waals surface area contributed by atoms with E-state index in [2.05, 4.69) is 4.74 Å². The molecule has 0 spiro atoms. The highest BCUT2D eigenvalue weighted by Crippen LogP contribution is 2.18. The Hall–Kier alpha value is -0.860. The van der Waals surface area contributed by atoms with Gasteiger partial charge in [0, 0.05) is 0 Å². The maximum absolute atomic E-state index is 11.2. The molecule has 14 heavy (non-hydrogen) atoms. The lowest BCUT2D eigenvalue weighted by Crippen LogP contribution is -2.18.